The molecule has 0 amide bonds. The number of aliphatic hydroxyl groups is 1. The van der Waals surface area contributed by atoms with E-state index in [9.17, 15) is 14.6 Å². The van der Waals surface area contributed by atoms with Crippen LogP contribution in [0.2, 0.25) is 0 Å². The van der Waals surface area contributed by atoms with E-state index in [2.05, 4.69) is 4.52 Å². The number of rotatable bonds is 11. The Bertz CT molecular complexity index is 281. The second-order valence-electron chi connectivity index (χ2n) is 5.32. The zero-order valence-electron chi connectivity index (χ0n) is 12.2. The first kappa shape index (κ1) is 19.0. The van der Waals surface area contributed by atoms with Crippen molar-refractivity contribution in [2.24, 2.45) is 0 Å². The van der Waals surface area contributed by atoms with Crippen molar-refractivity contribution in [3.8, 4) is 0 Å². The van der Waals surface area contributed by atoms with Gasteiger partial charge in [-0.25, -0.2) is 0 Å². The van der Waals surface area contributed by atoms with Crippen molar-refractivity contribution < 1.29 is 32.8 Å². The van der Waals surface area contributed by atoms with Gasteiger partial charge in [0.1, 0.15) is 19.3 Å². The van der Waals surface area contributed by atoms with Crippen LogP contribution in [0, 0.1) is 0 Å². The molecule has 0 aromatic heterocycles. The van der Waals surface area contributed by atoms with Crippen LogP contribution in [0.25, 0.3) is 0 Å². The van der Waals surface area contributed by atoms with E-state index in [-0.39, 0.29) is 19.8 Å². The molecule has 0 aliphatic heterocycles. The molecular weight excluding hydrogens is 273 g/mol. The van der Waals surface area contributed by atoms with Crippen LogP contribution in [0.4, 0.5) is 0 Å². The number of phosphoric ester groups is 1. The fourth-order valence-electron chi connectivity index (χ4n) is 1.05. The van der Waals surface area contributed by atoms with E-state index in [1.165, 1.54) is 0 Å². The molecule has 2 atom stereocenters. The maximum absolute atomic E-state index is 11.4. The predicted octanol–water partition coefficient (Wildman–Crippen LogP) is -0.0183. The molecule has 0 aliphatic carbocycles. The monoisotopic (exact) mass is 299 g/mol. The summed E-state index contributed by atoms with van der Waals surface area (Å²) in [5.74, 6) is 0. The van der Waals surface area contributed by atoms with Crippen molar-refractivity contribution in [3.63, 3.8) is 0 Å². The van der Waals surface area contributed by atoms with Crippen LogP contribution in [-0.2, 0) is 18.3 Å². The van der Waals surface area contributed by atoms with Crippen molar-refractivity contribution >= 4 is 7.82 Å². The lowest BCUT2D eigenvalue weighted by Crippen LogP contribution is -2.37. The van der Waals surface area contributed by atoms with Gasteiger partial charge in [-0.05, 0) is 6.42 Å². The zero-order valence-corrected chi connectivity index (χ0v) is 13.1. The van der Waals surface area contributed by atoms with E-state index in [0.29, 0.717) is 17.6 Å². The third-order valence-corrected chi connectivity index (χ3v) is 3.06. The molecule has 0 rings (SSSR count). The molecule has 0 aromatic carbocycles. The molecule has 8 heteroatoms. The summed E-state index contributed by atoms with van der Waals surface area (Å²) < 4.78 is 26.3. The minimum atomic E-state index is -4.35. The van der Waals surface area contributed by atoms with Crippen molar-refractivity contribution in [3.05, 3.63) is 0 Å². The summed E-state index contributed by atoms with van der Waals surface area (Å²) in [4.78, 5) is 11.4. The van der Waals surface area contributed by atoms with Crippen molar-refractivity contribution in [2.45, 2.75) is 19.4 Å². The van der Waals surface area contributed by atoms with Crippen LogP contribution in [0.3, 0.4) is 0 Å². The zero-order chi connectivity index (χ0) is 14.9. The lowest BCUT2D eigenvalue weighted by atomic mass is 10.4. The number of nitrogens with zero attached hydrogens (tertiary/aromatic N) is 1. The van der Waals surface area contributed by atoms with Crippen molar-refractivity contribution in [2.75, 3.05) is 54.1 Å². The lowest BCUT2D eigenvalue weighted by molar-refractivity contribution is -0.870. The van der Waals surface area contributed by atoms with Gasteiger partial charge in [-0.2, -0.15) is 0 Å². The third-order valence-electron chi connectivity index (χ3n) is 2.10. The fourth-order valence-corrected chi connectivity index (χ4v) is 1.79. The first-order chi connectivity index (χ1) is 8.66. The van der Waals surface area contributed by atoms with Gasteiger partial charge in [0.25, 0.3) is 7.82 Å². The third kappa shape index (κ3) is 12.8. The van der Waals surface area contributed by atoms with Crippen LogP contribution < -0.4 is 4.89 Å². The second-order valence-corrected chi connectivity index (χ2v) is 6.73. The first-order valence-electron chi connectivity index (χ1n) is 6.32. The maximum atomic E-state index is 11.4. The molecule has 116 valence electrons. The average molecular weight is 299 g/mol. The van der Waals surface area contributed by atoms with Crippen LogP contribution in [0.1, 0.15) is 13.3 Å². The molecule has 0 fully saturated rings. The Morgan fingerprint density at radius 3 is 2.37 bits per heavy atom. The van der Waals surface area contributed by atoms with Gasteiger partial charge < -0.3 is 28.3 Å². The Balaban J connectivity index is 3.80. The molecule has 0 aromatic rings. The minimum Gasteiger partial charge on any atom is -0.756 e. The van der Waals surface area contributed by atoms with Crippen molar-refractivity contribution in [1.82, 2.24) is 0 Å². The van der Waals surface area contributed by atoms with Gasteiger partial charge in [0.2, 0.25) is 0 Å². The molecule has 0 spiro atoms. The molecule has 0 saturated heterocycles. The van der Waals surface area contributed by atoms with Gasteiger partial charge >= 0.3 is 0 Å². The van der Waals surface area contributed by atoms with Gasteiger partial charge in [-0.1, -0.05) is 6.92 Å². The van der Waals surface area contributed by atoms with Gasteiger partial charge in [-0.3, -0.25) is 4.57 Å². The van der Waals surface area contributed by atoms with E-state index >= 15 is 0 Å². The van der Waals surface area contributed by atoms with Crippen molar-refractivity contribution in [1.29, 1.82) is 0 Å². The largest absolute Gasteiger partial charge is 0.756 e. The topological polar surface area (TPSA) is 88.0 Å². The molecule has 0 radical (unpaired) electrons. The number of likely N-dealkylation sites (N-methyl/N-ethyl adjacent to an activating group) is 1. The molecule has 1 N–H and O–H groups in total. The normalized spacial score (nSPS) is 17.2. The quantitative estimate of drug-likeness (QED) is 0.328. The van der Waals surface area contributed by atoms with E-state index in [1.807, 2.05) is 28.1 Å². The van der Waals surface area contributed by atoms with Crippen LogP contribution in [0.15, 0.2) is 0 Å². The maximum Gasteiger partial charge on any atom is 0.268 e. The lowest BCUT2D eigenvalue weighted by Gasteiger charge is -2.27. The number of hydrogen-bond acceptors (Lipinski definition) is 6. The fraction of sp³-hybridized carbons (Fsp3) is 1.00. The highest BCUT2D eigenvalue weighted by atomic mass is 31.2. The number of phosphoric acid groups is 1. The molecule has 7 nitrogen and oxygen atoms in total. The van der Waals surface area contributed by atoms with Crippen LogP contribution >= 0.6 is 7.82 Å². The van der Waals surface area contributed by atoms with E-state index in [4.69, 9.17) is 9.26 Å². The standard InChI is InChI=1S/C11H26NO6P/c1-5-7-16-9-11(13)10-18-19(14,15)17-8-6-12(2,3)4/h11,13H,5-10H2,1-4H3. The summed E-state index contributed by atoms with van der Waals surface area (Å²) in [5.41, 5.74) is 0. The number of aliphatic hydroxyl groups excluding tert-OH is 1. The summed E-state index contributed by atoms with van der Waals surface area (Å²) in [6.45, 7) is 2.74. The molecule has 0 aliphatic rings. The van der Waals surface area contributed by atoms with Gasteiger partial charge in [-0.15, -0.1) is 0 Å². The van der Waals surface area contributed by atoms with E-state index < -0.39 is 13.9 Å². The summed E-state index contributed by atoms with van der Waals surface area (Å²) in [6.07, 6.45) is -0.141. The van der Waals surface area contributed by atoms with Crippen LogP contribution in [0.5, 0.6) is 0 Å². The average Bonchev–Trinajstić information content (AvgIpc) is 2.25. The highest BCUT2D eigenvalue weighted by Crippen LogP contribution is 2.38. The summed E-state index contributed by atoms with van der Waals surface area (Å²) in [6, 6.07) is 0. The smallest absolute Gasteiger partial charge is 0.268 e. The molecule has 2 unspecified atom stereocenters. The summed E-state index contributed by atoms with van der Waals surface area (Å²) >= 11 is 0. The Hall–Kier alpha value is -0.0100. The Morgan fingerprint density at radius 1 is 1.21 bits per heavy atom. The predicted molar refractivity (Wildman–Crippen MR) is 69.5 cm³/mol. The first-order valence-corrected chi connectivity index (χ1v) is 7.79. The number of quaternary nitrogens is 1. The molecular formula is C11H26NO6P. The van der Waals surface area contributed by atoms with Gasteiger partial charge in [0, 0.05) is 6.61 Å². The van der Waals surface area contributed by atoms with E-state index in [1.54, 1.807) is 0 Å². The molecule has 0 bridgehead atoms. The minimum absolute atomic E-state index is 0.0483. The highest BCUT2D eigenvalue weighted by molar-refractivity contribution is 7.45. The van der Waals surface area contributed by atoms with E-state index in [0.717, 1.165) is 6.42 Å². The molecule has 0 saturated carbocycles. The highest BCUT2D eigenvalue weighted by Gasteiger charge is 2.15. The van der Waals surface area contributed by atoms with Gasteiger partial charge in [0.05, 0.1) is 34.4 Å². The van der Waals surface area contributed by atoms with Gasteiger partial charge in [0.15, 0.2) is 0 Å². The Kier molecular flexibility index (Phi) is 9.02. The SMILES string of the molecule is CCCOCC(O)COP(=O)([O-])OCC[N+](C)(C)C. The van der Waals surface area contributed by atoms with Crippen LogP contribution in [-0.4, -0.2) is 69.8 Å². The summed E-state index contributed by atoms with van der Waals surface area (Å²) in [5, 5.41) is 9.43. The molecule has 0 heterocycles. The Labute approximate surface area is 115 Å². The number of ether oxygens (including phenoxy) is 1. The number of hydrogen-bond donors (Lipinski definition) is 1. The summed E-state index contributed by atoms with van der Waals surface area (Å²) in [7, 11) is 1.43. The molecule has 19 heavy (non-hydrogen) atoms. The second kappa shape index (κ2) is 9.02. The Morgan fingerprint density at radius 2 is 1.84 bits per heavy atom.